The molecule has 0 saturated carbocycles. The first-order chi connectivity index (χ1) is 6.74. The molecular weight excluding hydrogens is 176 g/mol. The summed E-state index contributed by atoms with van der Waals surface area (Å²) in [5.41, 5.74) is 6.81. The third-order valence-corrected chi connectivity index (χ3v) is 2.11. The fraction of sp³-hybridized carbons (Fsp3) is 0.636. The van der Waals surface area contributed by atoms with Gasteiger partial charge in [-0.1, -0.05) is 0 Å². The van der Waals surface area contributed by atoms with Crippen LogP contribution in [0.3, 0.4) is 0 Å². The number of hydrogen-bond donors (Lipinski definition) is 1. The Morgan fingerprint density at radius 2 is 2.29 bits per heavy atom. The van der Waals surface area contributed by atoms with Crippen LogP contribution in [0, 0.1) is 0 Å². The molecule has 0 aliphatic carbocycles. The van der Waals surface area contributed by atoms with Gasteiger partial charge in [-0.15, -0.1) is 0 Å². The summed E-state index contributed by atoms with van der Waals surface area (Å²) < 4.78 is 7.70. The van der Waals surface area contributed by atoms with Gasteiger partial charge in [0, 0.05) is 18.4 Å². The van der Waals surface area contributed by atoms with Crippen LogP contribution < -0.4 is 5.73 Å². The molecule has 0 unspecified atom stereocenters. The minimum Gasteiger partial charge on any atom is -0.377 e. The lowest BCUT2D eigenvalue weighted by atomic mass is 10.3. The average molecular weight is 196 g/mol. The van der Waals surface area contributed by atoms with E-state index in [9.17, 15) is 0 Å². The van der Waals surface area contributed by atoms with Gasteiger partial charge in [0.1, 0.15) is 0 Å². The van der Waals surface area contributed by atoms with Gasteiger partial charge in [0.05, 0.1) is 12.7 Å². The van der Waals surface area contributed by atoms with Crippen molar-refractivity contribution in [2.24, 2.45) is 5.73 Å². The Balaban J connectivity index is 2.37. The topological polar surface area (TPSA) is 40.2 Å². The second-order valence-electron chi connectivity index (χ2n) is 3.65. The van der Waals surface area contributed by atoms with E-state index in [-0.39, 0.29) is 0 Å². The van der Waals surface area contributed by atoms with Crippen LogP contribution in [0.2, 0.25) is 0 Å². The predicted octanol–water partition coefficient (Wildman–Crippen LogP) is 1.41. The van der Waals surface area contributed by atoms with Gasteiger partial charge in [-0.25, -0.2) is 0 Å². The summed E-state index contributed by atoms with van der Waals surface area (Å²) >= 11 is 0. The summed E-state index contributed by atoms with van der Waals surface area (Å²) in [6.07, 6.45) is 3.33. The van der Waals surface area contributed by atoms with Crippen molar-refractivity contribution < 1.29 is 4.74 Å². The Morgan fingerprint density at radius 3 is 2.93 bits per heavy atom. The zero-order valence-corrected chi connectivity index (χ0v) is 9.07. The molecule has 3 nitrogen and oxygen atoms in total. The van der Waals surface area contributed by atoms with Crippen molar-refractivity contribution >= 4 is 0 Å². The van der Waals surface area contributed by atoms with Crippen molar-refractivity contribution in [2.75, 3.05) is 13.2 Å². The van der Waals surface area contributed by atoms with Crippen LogP contribution in [-0.4, -0.2) is 23.8 Å². The second kappa shape index (κ2) is 5.83. The Kier molecular flexibility index (Phi) is 4.70. The highest BCUT2D eigenvalue weighted by molar-refractivity contribution is 5.07. The third kappa shape index (κ3) is 3.52. The number of aromatic nitrogens is 1. The average Bonchev–Trinajstić information content (AvgIpc) is 2.53. The van der Waals surface area contributed by atoms with Gasteiger partial charge < -0.3 is 15.0 Å². The molecule has 0 amide bonds. The van der Waals surface area contributed by atoms with Gasteiger partial charge in [-0.3, -0.25) is 0 Å². The van der Waals surface area contributed by atoms with Crippen molar-refractivity contribution in [1.29, 1.82) is 0 Å². The number of hydrogen-bond acceptors (Lipinski definition) is 2. The highest BCUT2D eigenvalue weighted by atomic mass is 16.5. The van der Waals surface area contributed by atoms with E-state index in [0.717, 1.165) is 19.6 Å². The van der Waals surface area contributed by atoms with E-state index in [1.807, 2.05) is 0 Å². The Labute approximate surface area is 85.9 Å². The molecule has 1 rings (SSSR count). The molecule has 1 aromatic heterocycles. The van der Waals surface area contributed by atoms with Crippen LogP contribution in [0.1, 0.15) is 19.5 Å². The molecule has 3 heteroatoms. The number of nitrogens with two attached hydrogens (primary N) is 1. The number of rotatable bonds is 6. The van der Waals surface area contributed by atoms with Crippen LogP contribution in [0.15, 0.2) is 18.3 Å². The smallest absolute Gasteiger partial charge is 0.0649 e. The van der Waals surface area contributed by atoms with E-state index in [0.29, 0.717) is 12.6 Å². The van der Waals surface area contributed by atoms with Gasteiger partial charge in [-0.05, 0) is 38.9 Å². The lowest BCUT2D eigenvalue weighted by Crippen LogP contribution is -2.13. The van der Waals surface area contributed by atoms with Crippen LogP contribution in [-0.2, 0) is 17.7 Å². The SMILES string of the molecule is CC(C)OCCn1cccc1CCN. The van der Waals surface area contributed by atoms with Crippen molar-refractivity contribution in [3.63, 3.8) is 0 Å². The summed E-state index contributed by atoms with van der Waals surface area (Å²) in [6, 6.07) is 4.17. The maximum Gasteiger partial charge on any atom is 0.0649 e. The molecule has 14 heavy (non-hydrogen) atoms. The molecule has 0 aliphatic rings. The zero-order chi connectivity index (χ0) is 10.4. The molecule has 0 aromatic carbocycles. The summed E-state index contributed by atoms with van der Waals surface area (Å²) in [6.45, 7) is 6.49. The predicted molar refractivity (Wildman–Crippen MR) is 58.3 cm³/mol. The fourth-order valence-electron chi connectivity index (χ4n) is 1.43. The Hall–Kier alpha value is -0.800. The van der Waals surface area contributed by atoms with Crippen LogP contribution in [0.25, 0.3) is 0 Å². The molecule has 0 spiro atoms. The molecule has 0 atom stereocenters. The number of ether oxygens (including phenoxy) is 1. The maximum absolute atomic E-state index is 5.52. The van der Waals surface area contributed by atoms with E-state index in [1.165, 1.54) is 5.69 Å². The lowest BCUT2D eigenvalue weighted by Gasteiger charge is -2.10. The number of nitrogens with zero attached hydrogens (tertiary/aromatic N) is 1. The highest BCUT2D eigenvalue weighted by Gasteiger charge is 2.00. The normalized spacial score (nSPS) is 11.1. The van der Waals surface area contributed by atoms with Crippen LogP contribution in [0.4, 0.5) is 0 Å². The molecule has 1 heterocycles. The molecule has 0 aliphatic heterocycles. The van der Waals surface area contributed by atoms with Crippen LogP contribution >= 0.6 is 0 Å². The van der Waals surface area contributed by atoms with E-state index in [2.05, 4.69) is 36.7 Å². The summed E-state index contributed by atoms with van der Waals surface area (Å²) in [7, 11) is 0. The first-order valence-corrected chi connectivity index (χ1v) is 5.19. The summed E-state index contributed by atoms with van der Waals surface area (Å²) in [5.74, 6) is 0. The third-order valence-electron chi connectivity index (χ3n) is 2.11. The van der Waals surface area contributed by atoms with E-state index < -0.39 is 0 Å². The van der Waals surface area contributed by atoms with Gasteiger partial charge in [0.15, 0.2) is 0 Å². The first kappa shape index (κ1) is 11.3. The quantitative estimate of drug-likeness (QED) is 0.747. The van der Waals surface area contributed by atoms with Crippen molar-refractivity contribution in [3.8, 4) is 0 Å². The standard InChI is InChI=1S/C11H20N2O/c1-10(2)14-9-8-13-7-3-4-11(13)5-6-12/h3-4,7,10H,5-6,8-9,12H2,1-2H3. The van der Waals surface area contributed by atoms with Gasteiger partial charge in [0.25, 0.3) is 0 Å². The Morgan fingerprint density at radius 1 is 1.50 bits per heavy atom. The monoisotopic (exact) mass is 196 g/mol. The van der Waals surface area contributed by atoms with Gasteiger partial charge in [-0.2, -0.15) is 0 Å². The van der Waals surface area contributed by atoms with E-state index in [1.54, 1.807) is 0 Å². The van der Waals surface area contributed by atoms with Gasteiger partial charge in [0.2, 0.25) is 0 Å². The fourth-order valence-corrected chi connectivity index (χ4v) is 1.43. The second-order valence-corrected chi connectivity index (χ2v) is 3.65. The molecule has 2 N–H and O–H groups in total. The molecule has 0 radical (unpaired) electrons. The molecular formula is C11H20N2O. The lowest BCUT2D eigenvalue weighted by molar-refractivity contribution is 0.0724. The van der Waals surface area contributed by atoms with Crippen molar-refractivity contribution in [2.45, 2.75) is 32.9 Å². The zero-order valence-electron chi connectivity index (χ0n) is 9.07. The Bertz CT molecular complexity index is 256. The van der Waals surface area contributed by atoms with Crippen molar-refractivity contribution in [1.82, 2.24) is 4.57 Å². The maximum atomic E-state index is 5.52. The molecule has 0 fully saturated rings. The van der Waals surface area contributed by atoms with E-state index in [4.69, 9.17) is 10.5 Å². The molecule has 1 aromatic rings. The highest BCUT2D eigenvalue weighted by Crippen LogP contribution is 2.03. The first-order valence-electron chi connectivity index (χ1n) is 5.19. The van der Waals surface area contributed by atoms with Crippen molar-refractivity contribution in [3.05, 3.63) is 24.0 Å². The van der Waals surface area contributed by atoms with Gasteiger partial charge >= 0.3 is 0 Å². The minimum atomic E-state index is 0.309. The molecule has 0 bridgehead atoms. The summed E-state index contributed by atoms with van der Waals surface area (Å²) in [5, 5.41) is 0. The van der Waals surface area contributed by atoms with Crippen LogP contribution in [0.5, 0.6) is 0 Å². The summed E-state index contributed by atoms with van der Waals surface area (Å²) in [4.78, 5) is 0. The molecule has 80 valence electrons. The molecule has 0 saturated heterocycles. The largest absolute Gasteiger partial charge is 0.377 e. The van der Waals surface area contributed by atoms with E-state index >= 15 is 0 Å². The minimum absolute atomic E-state index is 0.309.